The summed E-state index contributed by atoms with van der Waals surface area (Å²) in [5, 5.41) is 10.5. The first-order valence-corrected chi connectivity index (χ1v) is 14.3. The maximum atomic E-state index is 13.5. The summed E-state index contributed by atoms with van der Waals surface area (Å²) >= 11 is 0. The standard InChI is InChI=1S/C29H44N4O7/c1-5-6-10-31(13-9-30)24(34)17-33-16-20(19-14-22(38-4)26-23(15-19)39-18-40-26)25(27(35)36)21(33)7-11-32-12-8-29(2,3)28(32)37/h14-15,20-21,25H,5-13,16-18,30H2,1-4H3,(H,35,36)/t20-,21+,25-/m1/s1. The zero-order chi connectivity index (χ0) is 29.0. The number of carboxylic acids is 1. The van der Waals surface area contributed by atoms with Crippen LogP contribution in [-0.4, -0.2) is 103 Å². The topological polar surface area (TPSA) is 135 Å². The number of nitrogens with two attached hydrogens (primary N) is 1. The lowest BCUT2D eigenvalue weighted by molar-refractivity contribution is -0.144. The van der Waals surface area contributed by atoms with E-state index in [1.165, 1.54) is 7.11 Å². The predicted octanol–water partition coefficient (Wildman–Crippen LogP) is 2.13. The number of fused-ring (bicyclic) bond motifs is 1. The summed E-state index contributed by atoms with van der Waals surface area (Å²) in [4.78, 5) is 44.8. The Morgan fingerprint density at radius 2 is 2.02 bits per heavy atom. The molecular formula is C29H44N4O7. The predicted molar refractivity (Wildman–Crippen MR) is 148 cm³/mol. The Morgan fingerprint density at radius 3 is 2.65 bits per heavy atom. The molecule has 2 saturated heterocycles. The number of hydrogen-bond donors (Lipinski definition) is 2. The normalized spacial score (nSPS) is 23.6. The number of carboxylic acid groups (broad SMARTS) is 1. The Balaban J connectivity index is 1.63. The van der Waals surface area contributed by atoms with E-state index < -0.39 is 29.3 Å². The molecule has 3 aliphatic rings. The third kappa shape index (κ3) is 6.15. The van der Waals surface area contributed by atoms with Crippen molar-refractivity contribution in [3.63, 3.8) is 0 Å². The molecule has 222 valence electrons. The van der Waals surface area contributed by atoms with Gasteiger partial charge in [0, 0.05) is 56.6 Å². The molecule has 0 unspecified atom stereocenters. The summed E-state index contributed by atoms with van der Waals surface area (Å²) < 4.78 is 16.7. The second-order valence-corrected chi connectivity index (χ2v) is 11.7. The van der Waals surface area contributed by atoms with Gasteiger partial charge in [-0.1, -0.05) is 27.2 Å². The number of benzene rings is 1. The van der Waals surface area contributed by atoms with Gasteiger partial charge in [0.1, 0.15) is 0 Å². The summed E-state index contributed by atoms with van der Waals surface area (Å²) in [5.41, 5.74) is 6.15. The van der Waals surface area contributed by atoms with Crippen LogP contribution in [0.3, 0.4) is 0 Å². The van der Waals surface area contributed by atoms with Crippen molar-refractivity contribution < 1.29 is 33.7 Å². The molecule has 0 aromatic heterocycles. The Hall–Kier alpha value is -3.05. The van der Waals surface area contributed by atoms with Crippen LogP contribution in [0, 0.1) is 11.3 Å². The second-order valence-electron chi connectivity index (χ2n) is 11.7. The Labute approximate surface area is 236 Å². The van der Waals surface area contributed by atoms with E-state index in [1.54, 1.807) is 4.90 Å². The second kappa shape index (κ2) is 12.6. The van der Waals surface area contributed by atoms with Crippen LogP contribution in [0.4, 0.5) is 0 Å². The number of aliphatic carboxylic acids is 1. The summed E-state index contributed by atoms with van der Waals surface area (Å²) in [5.74, 6) is -0.601. The van der Waals surface area contributed by atoms with Gasteiger partial charge in [0.2, 0.25) is 24.4 Å². The van der Waals surface area contributed by atoms with Gasteiger partial charge in [-0.2, -0.15) is 0 Å². The SMILES string of the molecule is CCCCN(CCN)C(=O)CN1C[C@H](c2cc(OC)c3c(c2)OCO3)[C@@H](C(=O)O)[C@@H]1CCN1CCC(C)(C)C1=O. The van der Waals surface area contributed by atoms with Gasteiger partial charge < -0.3 is 34.9 Å². The number of carbonyl (C=O) groups is 3. The zero-order valence-electron chi connectivity index (χ0n) is 24.2. The third-order valence-electron chi connectivity index (χ3n) is 8.58. The fraction of sp³-hybridized carbons (Fsp3) is 0.690. The lowest BCUT2D eigenvalue weighted by Crippen LogP contribution is -2.46. The smallest absolute Gasteiger partial charge is 0.308 e. The molecule has 3 atom stereocenters. The lowest BCUT2D eigenvalue weighted by atomic mass is 9.84. The molecule has 4 rings (SSSR count). The quantitative estimate of drug-likeness (QED) is 0.372. The van der Waals surface area contributed by atoms with E-state index in [4.69, 9.17) is 19.9 Å². The van der Waals surface area contributed by atoms with Crippen LogP contribution >= 0.6 is 0 Å². The minimum absolute atomic E-state index is 0.0599. The van der Waals surface area contributed by atoms with Crippen molar-refractivity contribution >= 4 is 17.8 Å². The molecule has 0 radical (unpaired) electrons. The first kappa shape index (κ1) is 29.9. The molecule has 0 bridgehead atoms. The van der Waals surface area contributed by atoms with E-state index in [-0.39, 0.29) is 25.2 Å². The molecule has 3 aliphatic heterocycles. The maximum Gasteiger partial charge on any atom is 0.308 e. The average Bonchev–Trinajstić information content (AvgIpc) is 3.61. The Kier molecular flexibility index (Phi) is 9.45. The van der Waals surface area contributed by atoms with E-state index in [0.717, 1.165) is 24.8 Å². The van der Waals surface area contributed by atoms with Crippen molar-refractivity contribution in [1.29, 1.82) is 0 Å². The molecule has 40 heavy (non-hydrogen) atoms. The summed E-state index contributed by atoms with van der Waals surface area (Å²) in [7, 11) is 1.54. The van der Waals surface area contributed by atoms with Crippen LogP contribution in [0.15, 0.2) is 12.1 Å². The number of nitrogens with zero attached hydrogens (tertiary/aromatic N) is 3. The van der Waals surface area contributed by atoms with Crippen LogP contribution in [0.25, 0.3) is 0 Å². The summed E-state index contributed by atoms with van der Waals surface area (Å²) in [6.07, 6.45) is 3.05. The van der Waals surface area contributed by atoms with Gasteiger partial charge >= 0.3 is 5.97 Å². The van der Waals surface area contributed by atoms with Crippen molar-refractivity contribution in [3.8, 4) is 17.2 Å². The fourth-order valence-electron chi connectivity index (χ4n) is 6.25. The largest absolute Gasteiger partial charge is 0.493 e. The summed E-state index contributed by atoms with van der Waals surface area (Å²) in [6.45, 7) is 9.04. The molecule has 1 aromatic carbocycles. The zero-order valence-corrected chi connectivity index (χ0v) is 24.2. The molecule has 11 heteroatoms. The maximum absolute atomic E-state index is 13.5. The van der Waals surface area contributed by atoms with Crippen molar-refractivity contribution in [2.75, 3.05) is 59.7 Å². The first-order chi connectivity index (χ1) is 19.1. The molecule has 3 N–H and O–H groups in total. The van der Waals surface area contributed by atoms with Gasteiger partial charge in [0.15, 0.2) is 11.5 Å². The molecule has 2 fully saturated rings. The molecular weight excluding hydrogens is 516 g/mol. The van der Waals surface area contributed by atoms with E-state index in [1.807, 2.05) is 35.8 Å². The monoisotopic (exact) mass is 560 g/mol. The number of ether oxygens (including phenoxy) is 3. The fourth-order valence-corrected chi connectivity index (χ4v) is 6.25. The highest BCUT2D eigenvalue weighted by atomic mass is 16.7. The highest BCUT2D eigenvalue weighted by Crippen LogP contribution is 2.47. The highest BCUT2D eigenvalue weighted by molar-refractivity contribution is 5.84. The molecule has 0 saturated carbocycles. The number of methoxy groups -OCH3 is 1. The van der Waals surface area contributed by atoms with E-state index in [2.05, 4.69) is 6.92 Å². The van der Waals surface area contributed by atoms with Crippen molar-refractivity contribution in [2.45, 2.75) is 58.4 Å². The number of amides is 2. The van der Waals surface area contributed by atoms with E-state index >= 15 is 0 Å². The van der Waals surface area contributed by atoms with Gasteiger partial charge in [0.25, 0.3) is 0 Å². The molecule has 1 aromatic rings. The number of carbonyl (C=O) groups excluding carboxylic acids is 2. The van der Waals surface area contributed by atoms with Gasteiger partial charge in [-0.05, 0) is 37.0 Å². The molecule has 11 nitrogen and oxygen atoms in total. The third-order valence-corrected chi connectivity index (χ3v) is 8.58. The van der Waals surface area contributed by atoms with Crippen LogP contribution in [-0.2, 0) is 14.4 Å². The molecule has 3 heterocycles. The lowest BCUT2D eigenvalue weighted by Gasteiger charge is -2.31. The number of hydrogen-bond acceptors (Lipinski definition) is 8. The molecule has 2 amide bonds. The number of rotatable bonds is 13. The van der Waals surface area contributed by atoms with Crippen LogP contribution < -0.4 is 19.9 Å². The van der Waals surface area contributed by atoms with E-state index in [9.17, 15) is 19.5 Å². The Morgan fingerprint density at radius 1 is 1.25 bits per heavy atom. The van der Waals surface area contributed by atoms with Gasteiger partial charge in [-0.15, -0.1) is 0 Å². The van der Waals surface area contributed by atoms with Crippen LogP contribution in [0.2, 0.25) is 0 Å². The minimum atomic E-state index is -0.931. The van der Waals surface area contributed by atoms with Crippen LogP contribution in [0.1, 0.15) is 57.9 Å². The average molecular weight is 561 g/mol. The molecule has 0 spiro atoms. The van der Waals surface area contributed by atoms with Crippen molar-refractivity contribution in [3.05, 3.63) is 17.7 Å². The van der Waals surface area contributed by atoms with Crippen LogP contribution in [0.5, 0.6) is 17.2 Å². The van der Waals surface area contributed by atoms with E-state index in [0.29, 0.717) is 62.9 Å². The van der Waals surface area contributed by atoms with Gasteiger partial charge in [-0.25, -0.2) is 0 Å². The van der Waals surface area contributed by atoms with Gasteiger partial charge in [0.05, 0.1) is 19.6 Å². The highest BCUT2D eigenvalue weighted by Gasteiger charge is 2.48. The number of unbranched alkanes of at least 4 members (excludes halogenated alkanes) is 1. The number of likely N-dealkylation sites (tertiary alicyclic amines) is 2. The molecule has 0 aliphatic carbocycles. The van der Waals surface area contributed by atoms with Crippen molar-refractivity contribution in [1.82, 2.24) is 14.7 Å². The first-order valence-electron chi connectivity index (χ1n) is 14.3. The minimum Gasteiger partial charge on any atom is -0.493 e. The van der Waals surface area contributed by atoms with Crippen molar-refractivity contribution in [2.24, 2.45) is 17.1 Å². The summed E-state index contributed by atoms with van der Waals surface area (Å²) in [6, 6.07) is 3.19. The van der Waals surface area contributed by atoms with Gasteiger partial charge in [-0.3, -0.25) is 19.3 Å². The Bertz CT molecular complexity index is 1090.